The molecule has 0 saturated heterocycles. The number of aromatic nitrogens is 2. The predicted octanol–water partition coefficient (Wildman–Crippen LogP) is 2.03. The van der Waals surface area contributed by atoms with E-state index in [1.54, 1.807) is 12.1 Å². The second kappa shape index (κ2) is 5.54. The first-order valence-corrected chi connectivity index (χ1v) is 5.52. The maximum Gasteiger partial charge on any atom is 0.247 e. The van der Waals surface area contributed by atoms with Crippen LogP contribution in [0.15, 0.2) is 28.7 Å². The topological polar surface area (TPSA) is 51.0 Å². The van der Waals surface area contributed by atoms with E-state index in [9.17, 15) is 4.39 Å². The Morgan fingerprint density at radius 1 is 1.24 bits per heavy atom. The largest absolute Gasteiger partial charge is 0.421 e. The van der Waals surface area contributed by atoms with Crippen LogP contribution in [0.3, 0.4) is 0 Å². The molecule has 2 rings (SSSR count). The van der Waals surface area contributed by atoms with Gasteiger partial charge in [-0.2, -0.15) is 0 Å². The quantitative estimate of drug-likeness (QED) is 0.806. The molecular formula is C12H14FN3O. The summed E-state index contributed by atoms with van der Waals surface area (Å²) in [5.74, 6) is 0.770. The van der Waals surface area contributed by atoms with Crippen molar-refractivity contribution in [2.24, 2.45) is 0 Å². The van der Waals surface area contributed by atoms with Crippen molar-refractivity contribution < 1.29 is 8.81 Å². The molecule has 0 aliphatic rings. The van der Waals surface area contributed by atoms with Crippen molar-refractivity contribution in [2.45, 2.75) is 12.8 Å². The first kappa shape index (κ1) is 11.7. The number of benzene rings is 1. The second-order valence-electron chi connectivity index (χ2n) is 3.71. The van der Waals surface area contributed by atoms with E-state index in [1.807, 2.05) is 7.05 Å². The fourth-order valence-corrected chi connectivity index (χ4v) is 1.48. The van der Waals surface area contributed by atoms with Crippen LogP contribution in [0.5, 0.6) is 0 Å². The minimum absolute atomic E-state index is 0.275. The Balaban J connectivity index is 2.04. The minimum atomic E-state index is -0.275. The molecule has 1 heterocycles. The van der Waals surface area contributed by atoms with Gasteiger partial charge in [-0.25, -0.2) is 4.39 Å². The standard InChI is InChI=1S/C12H14FN3O/c1-14-8-2-3-11-15-16-12(17-11)9-4-6-10(13)7-5-9/h4-7,14H,2-3,8H2,1H3. The maximum absolute atomic E-state index is 12.7. The molecular weight excluding hydrogens is 221 g/mol. The summed E-state index contributed by atoms with van der Waals surface area (Å²) in [5.41, 5.74) is 0.735. The average molecular weight is 235 g/mol. The van der Waals surface area contributed by atoms with Gasteiger partial charge in [-0.3, -0.25) is 0 Å². The summed E-state index contributed by atoms with van der Waals surface area (Å²) in [6.45, 7) is 0.911. The molecule has 0 saturated carbocycles. The van der Waals surface area contributed by atoms with E-state index in [0.717, 1.165) is 24.9 Å². The molecule has 0 aliphatic carbocycles. The van der Waals surface area contributed by atoms with E-state index < -0.39 is 0 Å². The molecule has 2 aromatic rings. The van der Waals surface area contributed by atoms with Gasteiger partial charge in [-0.1, -0.05) is 0 Å². The Kier molecular flexibility index (Phi) is 3.82. The van der Waals surface area contributed by atoms with Gasteiger partial charge in [0.15, 0.2) is 0 Å². The van der Waals surface area contributed by atoms with Gasteiger partial charge < -0.3 is 9.73 Å². The van der Waals surface area contributed by atoms with Crippen LogP contribution in [0.2, 0.25) is 0 Å². The number of nitrogens with one attached hydrogen (secondary N) is 1. The highest BCUT2D eigenvalue weighted by atomic mass is 19.1. The van der Waals surface area contributed by atoms with Gasteiger partial charge >= 0.3 is 0 Å². The lowest BCUT2D eigenvalue weighted by molar-refractivity contribution is 0.494. The lowest BCUT2D eigenvalue weighted by Crippen LogP contribution is -2.08. The van der Waals surface area contributed by atoms with Crippen molar-refractivity contribution in [1.29, 1.82) is 0 Å². The van der Waals surface area contributed by atoms with E-state index in [0.29, 0.717) is 11.8 Å². The molecule has 0 bridgehead atoms. The third-order valence-corrected chi connectivity index (χ3v) is 2.38. The highest BCUT2D eigenvalue weighted by Crippen LogP contribution is 2.18. The highest BCUT2D eigenvalue weighted by molar-refractivity contribution is 5.51. The van der Waals surface area contributed by atoms with E-state index in [-0.39, 0.29) is 5.82 Å². The maximum atomic E-state index is 12.7. The van der Waals surface area contributed by atoms with E-state index >= 15 is 0 Å². The number of halogens is 1. The normalized spacial score (nSPS) is 10.7. The van der Waals surface area contributed by atoms with Crippen molar-refractivity contribution in [3.63, 3.8) is 0 Å². The summed E-state index contributed by atoms with van der Waals surface area (Å²) in [6.07, 6.45) is 1.69. The molecule has 90 valence electrons. The number of rotatable bonds is 5. The van der Waals surface area contributed by atoms with Crippen LogP contribution in [0.25, 0.3) is 11.5 Å². The predicted molar refractivity (Wildman–Crippen MR) is 61.9 cm³/mol. The molecule has 1 aromatic carbocycles. The fraction of sp³-hybridized carbons (Fsp3) is 0.333. The van der Waals surface area contributed by atoms with Crippen LogP contribution in [-0.4, -0.2) is 23.8 Å². The summed E-state index contributed by atoms with van der Waals surface area (Å²) >= 11 is 0. The van der Waals surface area contributed by atoms with Crippen LogP contribution in [0.1, 0.15) is 12.3 Å². The lowest BCUT2D eigenvalue weighted by Gasteiger charge is -1.95. The van der Waals surface area contributed by atoms with Crippen molar-refractivity contribution in [3.05, 3.63) is 36.0 Å². The third-order valence-electron chi connectivity index (χ3n) is 2.38. The lowest BCUT2D eigenvalue weighted by atomic mass is 10.2. The molecule has 0 aliphatic heterocycles. The van der Waals surface area contributed by atoms with Gasteiger partial charge in [0.25, 0.3) is 0 Å². The molecule has 0 atom stereocenters. The Bertz CT molecular complexity index is 467. The summed E-state index contributed by atoms with van der Waals surface area (Å²) in [5, 5.41) is 10.9. The van der Waals surface area contributed by atoms with Crippen molar-refractivity contribution in [2.75, 3.05) is 13.6 Å². The molecule has 4 nitrogen and oxygen atoms in total. The first-order valence-electron chi connectivity index (χ1n) is 5.52. The third kappa shape index (κ3) is 3.10. The molecule has 0 unspecified atom stereocenters. The summed E-state index contributed by atoms with van der Waals surface area (Å²) in [7, 11) is 1.90. The van der Waals surface area contributed by atoms with E-state index in [2.05, 4.69) is 15.5 Å². The van der Waals surface area contributed by atoms with Crippen molar-refractivity contribution in [3.8, 4) is 11.5 Å². The first-order chi connectivity index (χ1) is 8.29. The molecule has 1 aromatic heterocycles. The zero-order valence-corrected chi connectivity index (χ0v) is 9.61. The van der Waals surface area contributed by atoms with Crippen molar-refractivity contribution in [1.82, 2.24) is 15.5 Å². The Hall–Kier alpha value is -1.75. The zero-order chi connectivity index (χ0) is 12.1. The number of hydrogen-bond acceptors (Lipinski definition) is 4. The van der Waals surface area contributed by atoms with Crippen LogP contribution in [-0.2, 0) is 6.42 Å². The number of hydrogen-bond donors (Lipinski definition) is 1. The van der Waals surface area contributed by atoms with Gasteiger partial charge in [0.2, 0.25) is 11.8 Å². The van der Waals surface area contributed by atoms with E-state index in [4.69, 9.17) is 4.42 Å². The van der Waals surface area contributed by atoms with Gasteiger partial charge in [-0.05, 0) is 44.3 Å². The molecule has 17 heavy (non-hydrogen) atoms. The minimum Gasteiger partial charge on any atom is -0.421 e. The van der Waals surface area contributed by atoms with Gasteiger partial charge in [0.05, 0.1) is 0 Å². The van der Waals surface area contributed by atoms with Gasteiger partial charge in [0, 0.05) is 12.0 Å². The highest BCUT2D eigenvalue weighted by Gasteiger charge is 2.07. The van der Waals surface area contributed by atoms with Crippen molar-refractivity contribution >= 4 is 0 Å². The Morgan fingerprint density at radius 2 is 2.00 bits per heavy atom. The average Bonchev–Trinajstić information content (AvgIpc) is 2.79. The smallest absolute Gasteiger partial charge is 0.247 e. The summed E-state index contributed by atoms with van der Waals surface area (Å²) in [4.78, 5) is 0. The molecule has 5 heteroatoms. The van der Waals surface area contributed by atoms with Gasteiger partial charge in [-0.15, -0.1) is 10.2 Å². The SMILES string of the molecule is CNCCCc1nnc(-c2ccc(F)cc2)o1. The summed E-state index contributed by atoms with van der Waals surface area (Å²) < 4.78 is 18.2. The van der Waals surface area contributed by atoms with Crippen LogP contribution in [0.4, 0.5) is 4.39 Å². The molecule has 0 radical (unpaired) electrons. The molecule has 0 fully saturated rings. The van der Waals surface area contributed by atoms with E-state index in [1.165, 1.54) is 12.1 Å². The van der Waals surface area contributed by atoms with Crippen LogP contribution in [0, 0.1) is 5.82 Å². The van der Waals surface area contributed by atoms with Crippen LogP contribution < -0.4 is 5.32 Å². The van der Waals surface area contributed by atoms with Gasteiger partial charge in [0.1, 0.15) is 5.82 Å². The summed E-state index contributed by atoms with van der Waals surface area (Å²) in [6, 6.07) is 6.00. The fourth-order valence-electron chi connectivity index (χ4n) is 1.48. The second-order valence-corrected chi connectivity index (χ2v) is 3.71. The van der Waals surface area contributed by atoms with Crippen LogP contribution >= 0.6 is 0 Å². The number of aryl methyl sites for hydroxylation is 1. The monoisotopic (exact) mass is 235 g/mol. The zero-order valence-electron chi connectivity index (χ0n) is 9.61. The molecule has 0 amide bonds. The Morgan fingerprint density at radius 3 is 2.71 bits per heavy atom. The molecule has 1 N–H and O–H groups in total. The number of nitrogens with zero attached hydrogens (tertiary/aromatic N) is 2. The Labute approximate surface area is 98.9 Å². The molecule has 0 spiro atoms.